The Hall–Kier alpha value is -0.800. The summed E-state index contributed by atoms with van der Waals surface area (Å²) in [5, 5.41) is 3.47. The monoisotopic (exact) mass is 325 g/mol. The second-order valence-corrected chi connectivity index (χ2v) is 6.46. The molecule has 0 aliphatic rings. The molecule has 2 nitrogen and oxygen atoms in total. The van der Waals surface area contributed by atoms with Crippen molar-refractivity contribution in [2.75, 3.05) is 13.7 Å². The van der Waals surface area contributed by atoms with Gasteiger partial charge in [0.05, 0.1) is 11.6 Å². The van der Waals surface area contributed by atoms with Crippen molar-refractivity contribution in [2.24, 2.45) is 0 Å². The molecule has 0 spiro atoms. The Morgan fingerprint density at radius 2 is 2.00 bits per heavy atom. The van der Waals surface area contributed by atoms with Gasteiger partial charge in [0.25, 0.3) is 0 Å². The van der Waals surface area contributed by atoms with Gasteiger partial charge in [0.1, 0.15) is 5.75 Å². The third kappa shape index (κ3) is 6.79. The highest BCUT2D eigenvalue weighted by Crippen LogP contribution is 2.25. The number of benzene rings is 1. The maximum atomic E-state index is 5.22. The summed E-state index contributed by atoms with van der Waals surface area (Å²) in [5.41, 5.74) is 1.49. The molecule has 0 aromatic heterocycles. The van der Waals surface area contributed by atoms with Crippen LogP contribution in [0.2, 0.25) is 0 Å². The predicted octanol–water partition coefficient (Wildman–Crippen LogP) is 4.33. The topological polar surface area (TPSA) is 21.3 Å². The molecule has 0 aliphatic carbocycles. The van der Waals surface area contributed by atoms with Crippen molar-refractivity contribution in [2.45, 2.75) is 39.2 Å². The predicted molar refractivity (Wildman–Crippen MR) is 85.9 cm³/mol. The van der Waals surface area contributed by atoms with Gasteiger partial charge in [-0.1, -0.05) is 18.2 Å². The van der Waals surface area contributed by atoms with Crippen molar-refractivity contribution in [1.29, 1.82) is 0 Å². The van der Waals surface area contributed by atoms with Gasteiger partial charge < -0.3 is 10.1 Å². The molecule has 1 aromatic carbocycles. The molecule has 1 rings (SSSR count). The first-order chi connectivity index (χ1) is 8.92. The normalized spacial score (nSPS) is 12.1. The number of nitrogens with one attached hydrogen (secondary N) is 1. The molecule has 0 amide bonds. The molecule has 0 unspecified atom stereocenters. The van der Waals surface area contributed by atoms with E-state index >= 15 is 0 Å². The van der Waals surface area contributed by atoms with E-state index in [0.717, 1.165) is 29.6 Å². The van der Waals surface area contributed by atoms with Gasteiger partial charge >= 0.3 is 0 Å². The highest BCUT2D eigenvalue weighted by atomic mass is 79.9. The van der Waals surface area contributed by atoms with E-state index < -0.39 is 0 Å². The molecular formula is C16H24BrNO. The van der Waals surface area contributed by atoms with Crippen molar-refractivity contribution < 1.29 is 4.74 Å². The first kappa shape index (κ1) is 16.3. The molecule has 0 heterocycles. The van der Waals surface area contributed by atoms with Crippen LogP contribution < -0.4 is 10.1 Å². The summed E-state index contributed by atoms with van der Waals surface area (Å²) in [5.74, 6) is 0.877. The van der Waals surface area contributed by atoms with E-state index in [1.54, 1.807) is 7.11 Å². The van der Waals surface area contributed by atoms with Crippen LogP contribution in [0.1, 0.15) is 32.8 Å². The van der Waals surface area contributed by atoms with E-state index in [1.807, 2.05) is 6.07 Å². The zero-order chi connectivity index (χ0) is 14.3. The Morgan fingerprint density at radius 3 is 2.58 bits per heavy atom. The molecule has 0 aliphatic heterocycles. The summed E-state index contributed by atoms with van der Waals surface area (Å²) in [6.07, 6.45) is 6.47. The Bertz CT molecular complexity index is 421. The lowest BCUT2D eigenvalue weighted by Gasteiger charge is -2.19. The van der Waals surface area contributed by atoms with Crippen LogP contribution in [-0.2, 0) is 6.42 Å². The zero-order valence-corrected chi connectivity index (χ0v) is 13.9. The standard InChI is InChI=1S/C16H24BrNO/c1-16(2,3)18-11-7-5-6-8-13-9-10-15(19-4)14(17)12-13/h5-6,9-10,12,18H,7-8,11H2,1-4H3. The number of rotatable bonds is 6. The molecule has 0 fully saturated rings. The Kier molecular flexibility index (Phi) is 6.59. The summed E-state index contributed by atoms with van der Waals surface area (Å²) in [4.78, 5) is 0. The smallest absolute Gasteiger partial charge is 0.133 e. The minimum Gasteiger partial charge on any atom is -0.496 e. The van der Waals surface area contributed by atoms with Gasteiger partial charge in [0, 0.05) is 5.54 Å². The molecule has 1 aromatic rings. The lowest BCUT2D eigenvalue weighted by molar-refractivity contribution is 0.412. The molecule has 0 atom stereocenters. The Labute approximate surface area is 125 Å². The third-order valence-corrected chi connectivity index (χ3v) is 3.32. The van der Waals surface area contributed by atoms with E-state index in [0.29, 0.717) is 0 Å². The first-order valence-electron chi connectivity index (χ1n) is 6.65. The van der Waals surface area contributed by atoms with Crippen molar-refractivity contribution in [3.8, 4) is 5.75 Å². The number of methoxy groups -OCH3 is 1. The maximum Gasteiger partial charge on any atom is 0.133 e. The lowest BCUT2D eigenvalue weighted by Crippen LogP contribution is -2.36. The van der Waals surface area contributed by atoms with Crippen LogP contribution in [0.15, 0.2) is 34.8 Å². The minimum atomic E-state index is 0.203. The van der Waals surface area contributed by atoms with Crippen LogP contribution in [0.5, 0.6) is 5.75 Å². The zero-order valence-electron chi connectivity index (χ0n) is 12.3. The van der Waals surface area contributed by atoms with Gasteiger partial charge in [0.15, 0.2) is 0 Å². The molecule has 19 heavy (non-hydrogen) atoms. The average Bonchev–Trinajstić information content (AvgIpc) is 2.32. The molecular weight excluding hydrogens is 302 g/mol. The highest BCUT2D eigenvalue weighted by molar-refractivity contribution is 9.10. The fourth-order valence-electron chi connectivity index (χ4n) is 1.70. The molecule has 0 saturated carbocycles. The highest BCUT2D eigenvalue weighted by Gasteiger charge is 2.06. The lowest BCUT2D eigenvalue weighted by atomic mass is 10.1. The summed E-state index contributed by atoms with van der Waals surface area (Å²) >= 11 is 3.50. The van der Waals surface area contributed by atoms with Crippen molar-refractivity contribution in [3.05, 3.63) is 40.4 Å². The SMILES string of the molecule is COc1ccc(CC=CCCNC(C)(C)C)cc1Br. The Morgan fingerprint density at radius 1 is 1.26 bits per heavy atom. The molecule has 0 saturated heterocycles. The summed E-state index contributed by atoms with van der Waals surface area (Å²) < 4.78 is 6.23. The van der Waals surface area contributed by atoms with Crippen LogP contribution in [0, 0.1) is 0 Å². The summed E-state index contributed by atoms with van der Waals surface area (Å²) in [6, 6.07) is 6.20. The molecule has 1 N–H and O–H groups in total. The van der Waals surface area contributed by atoms with Crippen LogP contribution in [0.25, 0.3) is 0 Å². The van der Waals surface area contributed by atoms with Gasteiger partial charge in [-0.3, -0.25) is 0 Å². The van der Waals surface area contributed by atoms with Crippen LogP contribution in [-0.4, -0.2) is 19.2 Å². The van der Waals surface area contributed by atoms with Gasteiger partial charge in [-0.2, -0.15) is 0 Å². The van der Waals surface area contributed by atoms with E-state index in [2.05, 4.69) is 66.3 Å². The molecule has 106 valence electrons. The quantitative estimate of drug-likeness (QED) is 0.620. The van der Waals surface area contributed by atoms with Crippen molar-refractivity contribution in [1.82, 2.24) is 5.32 Å². The number of hydrogen-bond acceptors (Lipinski definition) is 2. The largest absolute Gasteiger partial charge is 0.496 e. The fourth-order valence-corrected chi connectivity index (χ4v) is 2.29. The Balaban J connectivity index is 2.34. The molecule has 0 bridgehead atoms. The number of hydrogen-bond donors (Lipinski definition) is 1. The number of halogens is 1. The molecule has 3 heteroatoms. The molecule has 0 radical (unpaired) electrons. The van der Waals surface area contributed by atoms with Crippen LogP contribution in [0.4, 0.5) is 0 Å². The number of ether oxygens (including phenoxy) is 1. The third-order valence-electron chi connectivity index (χ3n) is 2.70. The second-order valence-electron chi connectivity index (χ2n) is 5.61. The van der Waals surface area contributed by atoms with E-state index in [-0.39, 0.29) is 5.54 Å². The van der Waals surface area contributed by atoms with Crippen LogP contribution in [0.3, 0.4) is 0 Å². The van der Waals surface area contributed by atoms with E-state index in [1.165, 1.54) is 5.56 Å². The number of allylic oxidation sites excluding steroid dienone is 1. The van der Waals surface area contributed by atoms with E-state index in [9.17, 15) is 0 Å². The second kappa shape index (κ2) is 7.71. The van der Waals surface area contributed by atoms with E-state index in [4.69, 9.17) is 4.74 Å². The summed E-state index contributed by atoms with van der Waals surface area (Å²) in [7, 11) is 1.68. The minimum absolute atomic E-state index is 0.203. The van der Waals surface area contributed by atoms with Gasteiger partial charge in [-0.05, 0) is 73.8 Å². The summed E-state index contributed by atoms with van der Waals surface area (Å²) in [6.45, 7) is 7.58. The maximum absolute atomic E-state index is 5.22. The fraction of sp³-hybridized carbons (Fsp3) is 0.500. The first-order valence-corrected chi connectivity index (χ1v) is 7.44. The van der Waals surface area contributed by atoms with Gasteiger partial charge in [0.2, 0.25) is 0 Å². The van der Waals surface area contributed by atoms with Gasteiger partial charge in [-0.25, -0.2) is 0 Å². The van der Waals surface area contributed by atoms with Crippen molar-refractivity contribution in [3.63, 3.8) is 0 Å². The average molecular weight is 326 g/mol. The van der Waals surface area contributed by atoms with Gasteiger partial charge in [-0.15, -0.1) is 0 Å². The van der Waals surface area contributed by atoms with Crippen LogP contribution >= 0.6 is 15.9 Å². The van der Waals surface area contributed by atoms with Crippen molar-refractivity contribution >= 4 is 15.9 Å².